The molecule has 0 N–H and O–H groups in total. The quantitative estimate of drug-likeness (QED) is 0.243. The molecule has 0 amide bonds. The van der Waals surface area contributed by atoms with Crippen LogP contribution >= 0.6 is 0 Å². The van der Waals surface area contributed by atoms with Gasteiger partial charge >= 0.3 is 5.97 Å². The maximum atomic E-state index is 12.7. The van der Waals surface area contributed by atoms with Crippen LogP contribution in [-0.2, 0) is 16.0 Å². The van der Waals surface area contributed by atoms with Crippen LogP contribution in [0.5, 0.6) is 0 Å². The van der Waals surface area contributed by atoms with Crippen molar-refractivity contribution in [2.45, 2.75) is 40.2 Å². The maximum absolute atomic E-state index is 12.7. The number of benzene rings is 1. The molecule has 2 aromatic rings. The molecule has 0 aliphatic carbocycles. The molecule has 0 spiro atoms. The third-order valence-corrected chi connectivity index (χ3v) is 6.13. The average Bonchev–Trinajstić information content (AvgIpc) is 3.08. The minimum absolute atomic E-state index is 0.0499. The van der Waals surface area contributed by atoms with Gasteiger partial charge in [-0.3, -0.25) is 14.9 Å². The first-order valence-corrected chi connectivity index (χ1v) is 11.1. The Morgan fingerprint density at radius 2 is 2.00 bits per heavy atom. The van der Waals surface area contributed by atoms with Crippen LogP contribution < -0.4 is 4.90 Å². The Morgan fingerprint density at radius 1 is 1.24 bits per heavy atom. The molecule has 3 rings (SSSR count). The summed E-state index contributed by atoms with van der Waals surface area (Å²) in [5.41, 5.74) is 2.60. The zero-order chi connectivity index (χ0) is 24.1. The van der Waals surface area contributed by atoms with Gasteiger partial charge in [0.15, 0.2) is 6.61 Å². The maximum Gasteiger partial charge on any atom is 0.338 e. The number of nitro benzene ring substituents is 1. The van der Waals surface area contributed by atoms with Crippen LogP contribution in [-0.4, -0.2) is 54.7 Å². The number of ether oxygens (including phenoxy) is 2. The minimum Gasteiger partial charge on any atom is -0.454 e. The van der Waals surface area contributed by atoms with Crippen LogP contribution in [0.25, 0.3) is 0 Å². The molecule has 1 aliphatic heterocycles. The molecule has 2 heterocycles. The van der Waals surface area contributed by atoms with Crippen LogP contribution in [0.3, 0.4) is 0 Å². The first kappa shape index (κ1) is 24.4. The van der Waals surface area contributed by atoms with Crippen LogP contribution in [0.2, 0.25) is 0 Å². The molecule has 0 saturated carbocycles. The predicted molar refractivity (Wildman–Crippen MR) is 124 cm³/mol. The summed E-state index contributed by atoms with van der Waals surface area (Å²) in [7, 11) is 1.61. The van der Waals surface area contributed by atoms with Gasteiger partial charge in [-0.2, -0.15) is 0 Å². The van der Waals surface area contributed by atoms with Gasteiger partial charge in [-0.15, -0.1) is 0 Å². The van der Waals surface area contributed by atoms with E-state index in [1.807, 2.05) is 23.3 Å². The first-order chi connectivity index (χ1) is 15.7. The lowest BCUT2D eigenvalue weighted by molar-refractivity contribution is -0.384. The highest BCUT2D eigenvalue weighted by atomic mass is 16.6. The molecule has 9 nitrogen and oxygen atoms in total. The van der Waals surface area contributed by atoms with E-state index < -0.39 is 17.5 Å². The zero-order valence-corrected chi connectivity index (χ0v) is 19.6. The summed E-state index contributed by atoms with van der Waals surface area (Å²) in [5.74, 6) is -0.641. The SMILES string of the molecule is COCCn1c(C)cc(C(=O)COC(=O)c2ccc(N3CCCC(C)C3)c([N+](=O)[O-])c2)c1C. The highest BCUT2D eigenvalue weighted by Crippen LogP contribution is 2.32. The Morgan fingerprint density at radius 3 is 2.67 bits per heavy atom. The molecule has 0 radical (unpaired) electrons. The van der Waals surface area contributed by atoms with Crippen molar-refractivity contribution in [3.05, 3.63) is 56.9 Å². The Balaban J connectivity index is 1.71. The number of carbonyl (C=O) groups excluding carboxylic acids is 2. The van der Waals surface area contributed by atoms with Gasteiger partial charge in [0.25, 0.3) is 5.69 Å². The van der Waals surface area contributed by atoms with Gasteiger partial charge in [-0.1, -0.05) is 6.92 Å². The number of nitro groups is 1. The Hall–Kier alpha value is -3.20. The number of piperidine rings is 1. The van der Waals surface area contributed by atoms with Crippen molar-refractivity contribution in [1.82, 2.24) is 4.57 Å². The van der Waals surface area contributed by atoms with Gasteiger partial charge in [0.2, 0.25) is 5.78 Å². The van der Waals surface area contributed by atoms with Gasteiger partial charge in [0.1, 0.15) is 5.69 Å². The van der Waals surface area contributed by atoms with E-state index in [0.29, 0.717) is 30.3 Å². The number of nitrogens with zero attached hydrogens (tertiary/aromatic N) is 3. The largest absolute Gasteiger partial charge is 0.454 e. The van der Waals surface area contributed by atoms with E-state index in [1.54, 1.807) is 19.2 Å². The zero-order valence-electron chi connectivity index (χ0n) is 19.6. The number of methoxy groups -OCH3 is 1. The topological polar surface area (TPSA) is 104 Å². The van der Waals surface area contributed by atoms with Gasteiger partial charge < -0.3 is 18.9 Å². The number of hydrogen-bond acceptors (Lipinski definition) is 7. The lowest BCUT2D eigenvalue weighted by Crippen LogP contribution is -2.34. The predicted octanol–water partition coefficient (Wildman–Crippen LogP) is 3.94. The third kappa shape index (κ3) is 5.60. The summed E-state index contributed by atoms with van der Waals surface area (Å²) in [5, 5.41) is 11.7. The average molecular weight is 458 g/mol. The molecule has 33 heavy (non-hydrogen) atoms. The summed E-state index contributed by atoms with van der Waals surface area (Å²) in [6.07, 6.45) is 2.06. The number of hydrogen-bond donors (Lipinski definition) is 0. The monoisotopic (exact) mass is 457 g/mol. The van der Waals surface area contributed by atoms with E-state index in [2.05, 4.69) is 6.92 Å². The third-order valence-electron chi connectivity index (χ3n) is 6.13. The lowest BCUT2D eigenvalue weighted by atomic mass is 9.99. The summed E-state index contributed by atoms with van der Waals surface area (Å²) in [4.78, 5) is 38.4. The van der Waals surface area contributed by atoms with Crippen LogP contribution in [0.4, 0.5) is 11.4 Å². The summed E-state index contributed by atoms with van der Waals surface area (Å²) in [6, 6.07) is 6.11. The highest BCUT2D eigenvalue weighted by molar-refractivity contribution is 6.00. The van der Waals surface area contributed by atoms with Crippen LogP contribution in [0.1, 0.15) is 51.9 Å². The fourth-order valence-electron chi connectivity index (χ4n) is 4.37. The molecule has 1 aromatic heterocycles. The van der Waals surface area contributed by atoms with E-state index in [4.69, 9.17) is 9.47 Å². The number of aromatic nitrogens is 1. The second-order valence-electron chi connectivity index (χ2n) is 8.58. The minimum atomic E-state index is -0.766. The van der Waals surface area contributed by atoms with E-state index >= 15 is 0 Å². The second kappa shape index (κ2) is 10.6. The van der Waals surface area contributed by atoms with E-state index in [-0.39, 0.29) is 17.0 Å². The Kier molecular flexibility index (Phi) is 7.86. The summed E-state index contributed by atoms with van der Waals surface area (Å²) >= 11 is 0. The molecule has 1 fully saturated rings. The Bertz CT molecular complexity index is 1050. The lowest BCUT2D eigenvalue weighted by Gasteiger charge is -2.32. The number of esters is 1. The number of Topliss-reactive ketones (excluding diaryl/α,β-unsaturated/α-hetero) is 1. The van der Waals surface area contributed by atoms with Crippen molar-refractivity contribution in [2.75, 3.05) is 38.3 Å². The second-order valence-corrected chi connectivity index (χ2v) is 8.58. The smallest absolute Gasteiger partial charge is 0.338 e. The normalized spacial score (nSPS) is 16.0. The van der Waals surface area contributed by atoms with Gasteiger partial charge in [-0.25, -0.2) is 4.79 Å². The van der Waals surface area contributed by atoms with Crippen molar-refractivity contribution in [1.29, 1.82) is 0 Å². The molecule has 1 saturated heterocycles. The molecule has 178 valence electrons. The fourth-order valence-corrected chi connectivity index (χ4v) is 4.37. The van der Waals surface area contributed by atoms with E-state index in [1.165, 1.54) is 12.1 Å². The molecule has 1 aliphatic rings. The number of ketones is 1. The van der Waals surface area contributed by atoms with Crippen molar-refractivity contribution in [3.63, 3.8) is 0 Å². The van der Waals surface area contributed by atoms with E-state index in [9.17, 15) is 19.7 Å². The van der Waals surface area contributed by atoms with Crippen molar-refractivity contribution < 1.29 is 24.0 Å². The number of carbonyl (C=O) groups is 2. The van der Waals surface area contributed by atoms with Crippen molar-refractivity contribution >= 4 is 23.1 Å². The number of rotatable bonds is 9. The van der Waals surface area contributed by atoms with Crippen molar-refractivity contribution in [2.24, 2.45) is 5.92 Å². The molecule has 9 heteroatoms. The van der Waals surface area contributed by atoms with Gasteiger partial charge in [0.05, 0.1) is 17.1 Å². The van der Waals surface area contributed by atoms with Crippen LogP contribution in [0.15, 0.2) is 24.3 Å². The standard InChI is InChI=1S/C24H31N3O6/c1-16-6-5-9-25(14-16)21-8-7-19(13-22(21)27(30)31)24(29)33-15-23(28)20-12-17(2)26(18(20)3)10-11-32-4/h7-8,12-13,16H,5-6,9-11,14-15H2,1-4H3. The molecule has 1 unspecified atom stereocenters. The van der Waals surface area contributed by atoms with E-state index in [0.717, 1.165) is 37.3 Å². The number of anilines is 1. The fraction of sp³-hybridized carbons (Fsp3) is 0.500. The van der Waals surface area contributed by atoms with Gasteiger partial charge in [-0.05, 0) is 50.8 Å². The summed E-state index contributed by atoms with van der Waals surface area (Å²) < 4.78 is 12.3. The number of aryl methyl sites for hydroxylation is 1. The Labute approximate surface area is 193 Å². The molecule has 1 atom stereocenters. The first-order valence-electron chi connectivity index (χ1n) is 11.1. The van der Waals surface area contributed by atoms with Gasteiger partial charge in [0, 0.05) is 49.8 Å². The molecule has 1 aromatic carbocycles. The highest BCUT2D eigenvalue weighted by Gasteiger charge is 2.26. The molecular formula is C24H31N3O6. The van der Waals surface area contributed by atoms with Crippen LogP contribution in [0, 0.1) is 29.9 Å². The van der Waals surface area contributed by atoms with Crippen molar-refractivity contribution in [3.8, 4) is 0 Å². The molecular weight excluding hydrogens is 426 g/mol. The summed E-state index contributed by atoms with van der Waals surface area (Å²) in [6.45, 7) is 8.03. The molecule has 0 bridgehead atoms.